The molecule has 2 aromatic rings. The second kappa shape index (κ2) is 6.44. The lowest BCUT2D eigenvalue weighted by Crippen LogP contribution is -2.24. The second-order valence-electron chi connectivity index (χ2n) is 4.34. The Morgan fingerprint density at radius 3 is 2.76 bits per heavy atom. The summed E-state index contributed by atoms with van der Waals surface area (Å²) in [6, 6.07) is 6.84. The summed E-state index contributed by atoms with van der Waals surface area (Å²) in [5, 5.41) is 16.8. The molecule has 108 valence electrons. The highest BCUT2D eigenvalue weighted by Crippen LogP contribution is 2.31. The van der Waals surface area contributed by atoms with Crippen LogP contribution in [0.4, 0.5) is 0 Å². The third kappa shape index (κ3) is 3.24. The average molecular weight is 305 g/mol. The molecule has 1 aromatic heterocycles. The number of nitrogens with zero attached hydrogens (tertiary/aromatic N) is 1. The van der Waals surface area contributed by atoms with Crippen LogP contribution < -0.4 is 5.32 Å². The molecule has 0 bridgehead atoms. The van der Waals surface area contributed by atoms with Crippen molar-refractivity contribution in [3.8, 4) is 23.6 Å². The highest BCUT2D eigenvalue weighted by atomic mass is 35.5. The number of benzene rings is 1. The van der Waals surface area contributed by atoms with E-state index < -0.39 is 12.0 Å². The molecule has 0 aliphatic heterocycles. The van der Waals surface area contributed by atoms with E-state index in [9.17, 15) is 9.90 Å². The summed E-state index contributed by atoms with van der Waals surface area (Å²) < 4.78 is 5.08. The standard InChI is InChI=1S/C15H13ClN2O3/c1-3-8-17-15(20)14-12(9(2)19)13(18-21-14)10-4-6-11(16)7-5-10/h1,4-7,9,19H,8H2,2H3,(H,17,20)/t9-/m0/s1. The largest absolute Gasteiger partial charge is 0.388 e. The molecule has 2 N–H and O–H groups in total. The zero-order valence-electron chi connectivity index (χ0n) is 11.3. The Kier molecular flexibility index (Phi) is 4.63. The van der Waals surface area contributed by atoms with Crippen molar-refractivity contribution >= 4 is 17.5 Å². The molecule has 0 saturated heterocycles. The minimum atomic E-state index is -0.923. The van der Waals surface area contributed by atoms with E-state index in [1.807, 2.05) is 0 Å². The molecule has 5 nitrogen and oxygen atoms in total. The van der Waals surface area contributed by atoms with Gasteiger partial charge in [0.25, 0.3) is 5.91 Å². The summed E-state index contributed by atoms with van der Waals surface area (Å²) in [6.07, 6.45) is 4.17. The van der Waals surface area contributed by atoms with Gasteiger partial charge in [-0.3, -0.25) is 4.79 Å². The molecule has 0 aliphatic rings. The van der Waals surface area contributed by atoms with Gasteiger partial charge in [-0.05, 0) is 19.1 Å². The lowest BCUT2D eigenvalue weighted by molar-refractivity contribution is 0.0913. The van der Waals surface area contributed by atoms with Crippen molar-refractivity contribution < 1.29 is 14.4 Å². The number of terminal acetylenes is 1. The molecule has 1 aromatic carbocycles. The van der Waals surface area contributed by atoms with Gasteiger partial charge in [-0.2, -0.15) is 0 Å². The van der Waals surface area contributed by atoms with Crippen LogP contribution in [0.25, 0.3) is 11.3 Å². The maximum atomic E-state index is 12.0. The molecule has 1 atom stereocenters. The molecule has 0 aliphatic carbocycles. The van der Waals surface area contributed by atoms with E-state index in [0.29, 0.717) is 21.8 Å². The summed E-state index contributed by atoms with van der Waals surface area (Å²) in [5.41, 5.74) is 1.40. The number of aliphatic hydroxyl groups is 1. The average Bonchev–Trinajstić information content (AvgIpc) is 2.90. The molecule has 0 fully saturated rings. The fourth-order valence-electron chi connectivity index (χ4n) is 1.88. The number of halogens is 1. The number of carbonyl (C=O) groups is 1. The van der Waals surface area contributed by atoms with E-state index >= 15 is 0 Å². The quantitative estimate of drug-likeness (QED) is 0.851. The van der Waals surface area contributed by atoms with Crippen LogP contribution in [0.3, 0.4) is 0 Å². The zero-order valence-corrected chi connectivity index (χ0v) is 12.0. The molecule has 0 unspecified atom stereocenters. The van der Waals surface area contributed by atoms with Crippen LogP contribution in [-0.2, 0) is 0 Å². The highest BCUT2D eigenvalue weighted by Gasteiger charge is 2.25. The van der Waals surface area contributed by atoms with Gasteiger partial charge in [-0.25, -0.2) is 0 Å². The van der Waals surface area contributed by atoms with Crippen LogP contribution in [0.5, 0.6) is 0 Å². The van der Waals surface area contributed by atoms with Gasteiger partial charge in [0.05, 0.1) is 18.2 Å². The minimum absolute atomic E-state index is 0.0507. The van der Waals surface area contributed by atoms with E-state index in [1.165, 1.54) is 6.92 Å². The third-order valence-electron chi connectivity index (χ3n) is 2.82. The van der Waals surface area contributed by atoms with Crippen molar-refractivity contribution in [2.45, 2.75) is 13.0 Å². The van der Waals surface area contributed by atoms with E-state index in [-0.39, 0.29) is 12.3 Å². The summed E-state index contributed by atoms with van der Waals surface area (Å²) in [5.74, 6) is 1.72. The van der Waals surface area contributed by atoms with Crippen molar-refractivity contribution in [1.82, 2.24) is 10.5 Å². The van der Waals surface area contributed by atoms with E-state index in [1.54, 1.807) is 24.3 Å². The number of nitrogens with one attached hydrogen (secondary N) is 1. The van der Waals surface area contributed by atoms with Gasteiger partial charge in [-0.1, -0.05) is 34.8 Å². The number of aliphatic hydroxyl groups excluding tert-OH is 1. The first-order chi connectivity index (χ1) is 10.0. The fraction of sp³-hybridized carbons (Fsp3) is 0.200. The lowest BCUT2D eigenvalue weighted by Gasteiger charge is -2.06. The molecule has 1 amide bonds. The second-order valence-corrected chi connectivity index (χ2v) is 4.78. The van der Waals surface area contributed by atoms with Crippen molar-refractivity contribution in [3.05, 3.63) is 40.6 Å². The molecule has 2 rings (SSSR count). The Morgan fingerprint density at radius 2 is 2.19 bits per heavy atom. The summed E-state index contributed by atoms with van der Waals surface area (Å²) in [6.45, 7) is 1.60. The summed E-state index contributed by atoms with van der Waals surface area (Å²) in [7, 11) is 0. The first-order valence-electron chi connectivity index (χ1n) is 6.19. The van der Waals surface area contributed by atoms with Gasteiger partial charge in [0, 0.05) is 10.6 Å². The summed E-state index contributed by atoms with van der Waals surface area (Å²) in [4.78, 5) is 12.0. The number of rotatable bonds is 4. The van der Waals surface area contributed by atoms with E-state index in [0.717, 1.165) is 0 Å². The number of hydrogen-bond donors (Lipinski definition) is 2. The van der Waals surface area contributed by atoms with Crippen molar-refractivity contribution in [2.75, 3.05) is 6.54 Å². The van der Waals surface area contributed by atoms with Crippen LogP contribution in [0.2, 0.25) is 5.02 Å². The number of hydrogen-bond acceptors (Lipinski definition) is 4. The number of aromatic nitrogens is 1. The number of amides is 1. The topological polar surface area (TPSA) is 75.4 Å². The highest BCUT2D eigenvalue weighted by molar-refractivity contribution is 6.30. The zero-order chi connectivity index (χ0) is 15.4. The molecule has 0 saturated carbocycles. The third-order valence-corrected chi connectivity index (χ3v) is 3.07. The normalized spacial score (nSPS) is 11.7. The lowest BCUT2D eigenvalue weighted by atomic mass is 10.0. The predicted octanol–water partition coefficient (Wildman–Crippen LogP) is 2.41. The Balaban J connectivity index is 2.44. The van der Waals surface area contributed by atoms with Crippen LogP contribution in [0.1, 0.15) is 29.1 Å². The van der Waals surface area contributed by atoms with Crippen LogP contribution >= 0.6 is 11.6 Å². The Labute approximate surface area is 126 Å². The van der Waals surface area contributed by atoms with Gasteiger partial charge >= 0.3 is 0 Å². The molecule has 1 heterocycles. The molecular weight excluding hydrogens is 292 g/mol. The van der Waals surface area contributed by atoms with Crippen LogP contribution in [0, 0.1) is 12.3 Å². The predicted molar refractivity (Wildman–Crippen MR) is 78.7 cm³/mol. The molecule has 21 heavy (non-hydrogen) atoms. The smallest absolute Gasteiger partial charge is 0.291 e. The monoisotopic (exact) mass is 304 g/mol. The van der Waals surface area contributed by atoms with Gasteiger partial charge in [0.2, 0.25) is 5.76 Å². The Hall–Kier alpha value is -2.29. The van der Waals surface area contributed by atoms with E-state index in [4.69, 9.17) is 22.5 Å². The molecule has 0 spiro atoms. The van der Waals surface area contributed by atoms with Gasteiger partial charge in [0.15, 0.2) is 0 Å². The van der Waals surface area contributed by atoms with Crippen LogP contribution in [0.15, 0.2) is 28.8 Å². The maximum absolute atomic E-state index is 12.0. The molecule has 0 radical (unpaired) electrons. The number of carbonyl (C=O) groups excluding carboxylic acids is 1. The molecule has 6 heteroatoms. The van der Waals surface area contributed by atoms with Crippen molar-refractivity contribution in [3.63, 3.8) is 0 Å². The SMILES string of the molecule is C#CCNC(=O)c1onc(-c2ccc(Cl)cc2)c1[C@H](C)O. The van der Waals surface area contributed by atoms with Gasteiger partial charge < -0.3 is 14.9 Å². The fourth-order valence-corrected chi connectivity index (χ4v) is 2.00. The Morgan fingerprint density at radius 1 is 1.52 bits per heavy atom. The first kappa shape index (κ1) is 15.1. The maximum Gasteiger partial charge on any atom is 0.291 e. The van der Waals surface area contributed by atoms with Crippen LogP contribution in [-0.4, -0.2) is 22.7 Å². The van der Waals surface area contributed by atoms with Gasteiger partial charge in [-0.15, -0.1) is 6.42 Å². The van der Waals surface area contributed by atoms with Crippen molar-refractivity contribution in [1.29, 1.82) is 0 Å². The summed E-state index contributed by atoms with van der Waals surface area (Å²) >= 11 is 5.84. The first-order valence-corrected chi connectivity index (χ1v) is 6.57. The Bertz CT molecular complexity index is 684. The minimum Gasteiger partial charge on any atom is -0.388 e. The van der Waals surface area contributed by atoms with Gasteiger partial charge in [0.1, 0.15) is 5.69 Å². The van der Waals surface area contributed by atoms with Crippen molar-refractivity contribution in [2.24, 2.45) is 0 Å². The molecular formula is C15H13ClN2O3. The van der Waals surface area contributed by atoms with E-state index in [2.05, 4.69) is 16.4 Å².